The normalized spacial score (nSPS) is 10.7. The molecular formula is C14H8BrClN4. The first kappa shape index (κ1) is 13.0. The number of anilines is 1. The molecule has 6 heteroatoms. The van der Waals surface area contributed by atoms with Gasteiger partial charge in [-0.2, -0.15) is 5.26 Å². The van der Waals surface area contributed by atoms with Crippen LogP contribution in [0.1, 0.15) is 5.56 Å². The summed E-state index contributed by atoms with van der Waals surface area (Å²) in [5.74, 6) is 0.346. The Balaban J connectivity index is 2.35. The molecule has 0 saturated carbocycles. The molecule has 98 valence electrons. The molecule has 3 aromatic rings. The van der Waals surface area contributed by atoms with Crippen LogP contribution in [0.4, 0.5) is 5.95 Å². The van der Waals surface area contributed by atoms with Crippen molar-refractivity contribution in [3.63, 3.8) is 0 Å². The van der Waals surface area contributed by atoms with E-state index in [1.54, 1.807) is 22.8 Å². The molecule has 1 aromatic heterocycles. The van der Waals surface area contributed by atoms with Crippen molar-refractivity contribution in [2.75, 3.05) is 5.73 Å². The molecule has 4 nitrogen and oxygen atoms in total. The van der Waals surface area contributed by atoms with E-state index >= 15 is 0 Å². The topological polar surface area (TPSA) is 67.6 Å². The number of nitrogens with two attached hydrogens (primary N) is 1. The average Bonchev–Trinajstić information content (AvgIpc) is 2.76. The number of nitrogen functional groups attached to an aromatic ring is 1. The van der Waals surface area contributed by atoms with E-state index in [1.165, 1.54) is 0 Å². The molecular weight excluding hydrogens is 340 g/mol. The molecule has 0 radical (unpaired) electrons. The molecule has 2 aromatic carbocycles. The molecule has 0 bridgehead atoms. The molecule has 0 unspecified atom stereocenters. The van der Waals surface area contributed by atoms with Crippen LogP contribution in [0.25, 0.3) is 16.7 Å². The van der Waals surface area contributed by atoms with Crippen molar-refractivity contribution in [1.82, 2.24) is 9.55 Å². The summed E-state index contributed by atoms with van der Waals surface area (Å²) < 4.78 is 2.52. The second kappa shape index (κ2) is 4.82. The van der Waals surface area contributed by atoms with Crippen LogP contribution < -0.4 is 5.73 Å². The standard InChI is InChI=1S/C14H8BrClN4/c15-9-6-8(7-17)4-5-12(9)20-13-10(16)2-1-3-11(13)19-14(20)18/h1-6H,(H2,18,19). The first-order valence-electron chi connectivity index (χ1n) is 5.74. The predicted octanol–water partition coefficient (Wildman–Crippen LogP) is 3.90. The fraction of sp³-hybridized carbons (Fsp3) is 0. The summed E-state index contributed by atoms with van der Waals surface area (Å²) >= 11 is 9.71. The molecule has 1 heterocycles. The van der Waals surface area contributed by atoms with Crippen LogP contribution in [-0.2, 0) is 0 Å². The van der Waals surface area contributed by atoms with Crippen LogP contribution in [0.15, 0.2) is 40.9 Å². The minimum Gasteiger partial charge on any atom is -0.369 e. The van der Waals surface area contributed by atoms with Crippen molar-refractivity contribution in [2.24, 2.45) is 0 Å². The van der Waals surface area contributed by atoms with Crippen molar-refractivity contribution in [1.29, 1.82) is 5.26 Å². The highest BCUT2D eigenvalue weighted by molar-refractivity contribution is 9.10. The second-order valence-corrected chi connectivity index (χ2v) is 5.45. The van der Waals surface area contributed by atoms with Gasteiger partial charge in [-0.25, -0.2) is 4.98 Å². The molecule has 2 N–H and O–H groups in total. The quantitative estimate of drug-likeness (QED) is 0.726. The Hall–Kier alpha value is -2.03. The van der Waals surface area contributed by atoms with Crippen LogP contribution in [0.5, 0.6) is 0 Å². The number of para-hydroxylation sites is 1. The van der Waals surface area contributed by atoms with Crippen molar-refractivity contribution in [3.05, 3.63) is 51.5 Å². The number of imidazole rings is 1. The summed E-state index contributed by atoms with van der Waals surface area (Å²) in [6.07, 6.45) is 0. The fourth-order valence-electron chi connectivity index (χ4n) is 2.11. The van der Waals surface area contributed by atoms with Gasteiger partial charge in [0.1, 0.15) is 0 Å². The Bertz CT molecular complexity index is 863. The van der Waals surface area contributed by atoms with Gasteiger partial charge in [-0.05, 0) is 46.3 Å². The second-order valence-electron chi connectivity index (χ2n) is 4.19. The van der Waals surface area contributed by atoms with Crippen LogP contribution in [-0.4, -0.2) is 9.55 Å². The Morgan fingerprint density at radius 1 is 1.30 bits per heavy atom. The number of aromatic nitrogens is 2. The van der Waals surface area contributed by atoms with Gasteiger partial charge in [0.15, 0.2) is 0 Å². The zero-order chi connectivity index (χ0) is 14.3. The van der Waals surface area contributed by atoms with Crippen molar-refractivity contribution >= 4 is 44.5 Å². The van der Waals surface area contributed by atoms with Gasteiger partial charge in [-0.15, -0.1) is 0 Å². The Kier molecular flexibility index (Phi) is 3.13. The lowest BCUT2D eigenvalue weighted by Crippen LogP contribution is -2.02. The summed E-state index contributed by atoms with van der Waals surface area (Å²) in [7, 11) is 0. The smallest absolute Gasteiger partial charge is 0.206 e. The predicted molar refractivity (Wildman–Crippen MR) is 82.9 cm³/mol. The Morgan fingerprint density at radius 3 is 2.80 bits per heavy atom. The molecule has 3 rings (SSSR count). The lowest BCUT2D eigenvalue weighted by Gasteiger charge is -2.10. The van der Waals surface area contributed by atoms with Crippen LogP contribution in [0, 0.1) is 11.3 Å². The summed E-state index contributed by atoms with van der Waals surface area (Å²) in [5.41, 5.74) is 8.83. The molecule has 0 saturated heterocycles. The molecule has 0 amide bonds. The number of halogens is 2. The first-order valence-corrected chi connectivity index (χ1v) is 6.91. The van der Waals surface area contributed by atoms with Crippen LogP contribution >= 0.6 is 27.5 Å². The Labute approximate surface area is 128 Å². The van der Waals surface area contributed by atoms with Gasteiger partial charge < -0.3 is 5.73 Å². The maximum Gasteiger partial charge on any atom is 0.206 e. The third kappa shape index (κ3) is 1.94. The van der Waals surface area contributed by atoms with E-state index in [0.29, 0.717) is 16.5 Å². The zero-order valence-electron chi connectivity index (χ0n) is 10.1. The molecule has 0 fully saturated rings. The van der Waals surface area contributed by atoms with Gasteiger partial charge in [0.2, 0.25) is 5.95 Å². The lowest BCUT2D eigenvalue weighted by molar-refractivity contribution is 1.10. The van der Waals surface area contributed by atoms with E-state index in [4.69, 9.17) is 22.6 Å². The van der Waals surface area contributed by atoms with E-state index < -0.39 is 0 Å². The molecule has 0 spiro atoms. The summed E-state index contributed by atoms with van der Waals surface area (Å²) in [6, 6.07) is 12.8. The van der Waals surface area contributed by atoms with E-state index in [0.717, 1.165) is 21.2 Å². The highest BCUT2D eigenvalue weighted by Crippen LogP contribution is 2.32. The van der Waals surface area contributed by atoms with Gasteiger partial charge in [0, 0.05) is 4.47 Å². The summed E-state index contributed by atoms with van der Waals surface area (Å²) in [5, 5.41) is 9.49. The number of nitrogens with zero attached hydrogens (tertiary/aromatic N) is 3. The molecule has 0 atom stereocenters. The van der Waals surface area contributed by atoms with Gasteiger partial charge in [-0.1, -0.05) is 17.7 Å². The van der Waals surface area contributed by atoms with Crippen LogP contribution in [0.2, 0.25) is 5.02 Å². The van der Waals surface area contributed by atoms with Crippen LogP contribution in [0.3, 0.4) is 0 Å². The van der Waals surface area contributed by atoms with Gasteiger partial charge in [0.05, 0.1) is 33.4 Å². The van der Waals surface area contributed by atoms with Crippen molar-refractivity contribution < 1.29 is 0 Å². The lowest BCUT2D eigenvalue weighted by atomic mass is 10.2. The first-order chi connectivity index (χ1) is 9.61. The summed E-state index contributed by atoms with van der Waals surface area (Å²) in [6.45, 7) is 0. The van der Waals surface area contributed by atoms with E-state index in [2.05, 4.69) is 27.0 Å². The van der Waals surface area contributed by atoms with Gasteiger partial charge in [0.25, 0.3) is 0 Å². The number of hydrogen-bond acceptors (Lipinski definition) is 3. The highest BCUT2D eigenvalue weighted by atomic mass is 79.9. The average molecular weight is 348 g/mol. The van der Waals surface area contributed by atoms with E-state index in [-0.39, 0.29) is 0 Å². The molecule has 0 aliphatic rings. The fourth-order valence-corrected chi connectivity index (χ4v) is 2.92. The zero-order valence-corrected chi connectivity index (χ0v) is 12.5. The molecule has 0 aliphatic carbocycles. The minimum absolute atomic E-state index is 0.346. The number of rotatable bonds is 1. The maximum atomic E-state index is 8.92. The minimum atomic E-state index is 0.346. The Morgan fingerprint density at radius 2 is 2.10 bits per heavy atom. The number of hydrogen-bond donors (Lipinski definition) is 1. The molecule has 20 heavy (non-hydrogen) atoms. The third-order valence-corrected chi connectivity index (χ3v) is 3.91. The SMILES string of the molecule is N#Cc1ccc(-n2c(N)nc3cccc(Cl)c32)c(Br)c1. The number of benzene rings is 2. The summed E-state index contributed by atoms with van der Waals surface area (Å²) in [4.78, 5) is 4.30. The molecule has 0 aliphatic heterocycles. The van der Waals surface area contributed by atoms with Gasteiger partial charge >= 0.3 is 0 Å². The number of nitriles is 1. The monoisotopic (exact) mass is 346 g/mol. The van der Waals surface area contributed by atoms with E-state index in [9.17, 15) is 0 Å². The van der Waals surface area contributed by atoms with Crippen molar-refractivity contribution in [3.8, 4) is 11.8 Å². The largest absolute Gasteiger partial charge is 0.369 e. The maximum absolute atomic E-state index is 8.92. The number of fused-ring (bicyclic) bond motifs is 1. The van der Waals surface area contributed by atoms with E-state index in [1.807, 2.05) is 18.2 Å². The van der Waals surface area contributed by atoms with Crippen molar-refractivity contribution in [2.45, 2.75) is 0 Å². The third-order valence-electron chi connectivity index (χ3n) is 2.97. The highest BCUT2D eigenvalue weighted by Gasteiger charge is 2.15. The van der Waals surface area contributed by atoms with Gasteiger partial charge in [-0.3, -0.25) is 4.57 Å².